The largest absolute Gasteiger partial charge is 0.504 e. The van der Waals surface area contributed by atoms with Crippen molar-refractivity contribution in [1.29, 1.82) is 0 Å². The van der Waals surface area contributed by atoms with Crippen LogP contribution in [0.3, 0.4) is 0 Å². The van der Waals surface area contributed by atoms with E-state index in [2.05, 4.69) is 15.6 Å². The molecular weight excluding hydrogens is 383 g/mol. The highest BCUT2D eigenvalue weighted by Gasteiger charge is 2.20. The molecule has 0 radical (unpaired) electrons. The second kappa shape index (κ2) is 6.18. The number of phenols is 2. The molecular formula is C16H10Cl2N4O2S. The molecule has 3 aromatic rings. The predicted octanol–water partition coefficient (Wildman–Crippen LogP) is 4.31. The molecule has 6 nitrogen and oxygen atoms in total. The summed E-state index contributed by atoms with van der Waals surface area (Å²) in [5.74, 6) is 0.216. The SMILES string of the molecule is Oc1ccc(C2=CSc3nnc(-c4ccc(Cl)c(Cl)c4)n3N2)cc1O. The van der Waals surface area contributed by atoms with E-state index >= 15 is 0 Å². The third kappa shape index (κ3) is 2.90. The van der Waals surface area contributed by atoms with Crippen molar-refractivity contribution in [2.24, 2.45) is 0 Å². The third-order valence-electron chi connectivity index (χ3n) is 3.61. The van der Waals surface area contributed by atoms with Crippen LogP contribution in [0.2, 0.25) is 10.0 Å². The number of aromatic nitrogens is 3. The summed E-state index contributed by atoms with van der Waals surface area (Å²) in [4.78, 5) is 0. The Kier molecular flexibility index (Phi) is 3.99. The Morgan fingerprint density at radius 3 is 2.48 bits per heavy atom. The van der Waals surface area contributed by atoms with Crippen molar-refractivity contribution in [1.82, 2.24) is 14.9 Å². The van der Waals surface area contributed by atoms with E-state index in [4.69, 9.17) is 23.2 Å². The zero-order valence-electron chi connectivity index (χ0n) is 12.4. The summed E-state index contributed by atoms with van der Waals surface area (Å²) in [6.07, 6.45) is 0. The number of hydrogen-bond acceptors (Lipinski definition) is 6. The van der Waals surface area contributed by atoms with E-state index in [-0.39, 0.29) is 11.5 Å². The molecule has 4 rings (SSSR count). The van der Waals surface area contributed by atoms with Crippen molar-refractivity contribution in [3.8, 4) is 22.9 Å². The molecule has 1 aliphatic heterocycles. The number of phenolic OH excluding ortho intramolecular Hbond substituents is 2. The second-order valence-corrected chi connectivity index (χ2v) is 6.89. The van der Waals surface area contributed by atoms with Crippen molar-refractivity contribution in [3.63, 3.8) is 0 Å². The lowest BCUT2D eigenvalue weighted by molar-refractivity contribution is 0.403. The Hall–Kier alpha value is -2.35. The van der Waals surface area contributed by atoms with Crippen LogP contribution in [0.25, 0.3) is 17.1 Å². The van der Waals surface area contributed by atoms with Crippen molar-refractivity contribution in [2.45, 2.75) is 5.16 Å². The normalized spacial score (nSPS) is 13.1. The molecule has 0 bridgehead atoms. The summed E-state index contributed by atoms with van der Waals surface area (Å²) in [6.45, 7) is 0. The summed E-state index contributed by atoms with van der Waals surface area (Å²) in [6, 6.07) is 9.83. The van der Waals surface area contributed by atoms with E-state index in [1.165, 1.54) is 23.9 Å². The van der Waals surface area contributed by atoms with Gasteiger partial charge in [0.15, 0.2) is 17.3 Å². The summed E-state index contributed by atoms with van der Waals surface area (Å²) in [7, 11) is 0. The van der Waals surface area contributed by atoms with Crippen molar-refractivity contribution in [2.75, 3.05) is 5.43 Å². The molecule has 1 aliphatic rings. The van der Waals surface area contributed by atoms with Crippen molar-refractivity contribution >= 4 is 40.7 Å². The molecule has 0 amide bonds. The van der Waals surface area contributed by atoms with E-state index in [0.717, 1.165) is 11.3 Å². The maximum Gasteiger partial charge on any atom is 0.214 e. The summed E-state index contributed by atoms with van der Waals surface area (Å²) < 4.78 is 1.73. The summed E-state index contributed by atoms with van der Waals surface area (Å²) >= 11 is 13.4. The highest BCUT2D eigenvalue weighted by molar-refractivity contribution is 8.02. The Balaban J connectivity index is 1.71. The molecule has 1 aromatic heterocycles. The van der Waals surface area contributed by atoms with Gasteiger partial charge in [0.05, 0.1) is 15.7 Å². The van der Waals surface area contributed by atoms with Crippen LogP contribution in [0, 0.1) is 0 Å². The molecule has 0 atom stereocenters. The van der Waals surface area contributed by atoms with Crippen LogP contribution in [0.15, 0.2) is 47.0 Å². The van der Waals surface area contributed by atoms with Gasteiger partial charge < -0.3 is 10.2 Å². The molecule has 0 unspecified atom stereocenters. The van der Waals surface area contributed by atoms with Crippen LogP contribution >= 0.6 is 35.0 Å². The molecule has 2 heterocycles. The van der Waals surface area contributed by atoms with Crippen LogP contribution in [-0.4, -0.2) is 25.1 Å². The molecule has 2 aromatic carbocycles. The fourth-order valence-electron chi connectivity index (χ4n) is 2.35. The second-order valence-electron chi connectivity index (χ2n) is 5.24. The Morgan fingerprint density at radius 1 is 0.920 bits per heavy atom. The number of thioether (sulfide) groups is 1. The highest BCUT2D eigenvalue weighted by Crippen LogP contribution is 2.35. The average Bonchev–Trinajstić information content (AvgIpc) is 3.03. The molecule has 9 heteroatoms. The predicted molar refractivity (Wildman–Crippen MR) is 98.4 cm³/mol. The zero-order chi connectivity index (χ0) is 17.6. The van der Waals surface area contributed by atoms with Crippen LogP contribution in [0.4, 0.5) is 0 Å². The number of nitrogens with one attached hydrogen (secondary N) is 1. The number of hydrogen-bond donors (Lipinski definition) is 3. The first-order valence-corrected chi connectivity index (χ1v) is 8.73. The number of fused-ring (bicyclic) bond motifs is 1. The van der Waals surface area contributed by atoms with Crippen LogP contribution < -0.4 is 5.43 Å². The van der Waals surface area contributed by atoms with E-state index < -0.39 is 0 Å². The molecule has 0 aliphatic carbocycles. The minimum Gasteiger partial charge on any atom is -0.504 e. The lowest BCUT2D eigenvalue weighted by Gasteiger charge is -2.19. The van der Waals surface area contributed by atoms with Crippen molar-refractivity contribution < 1.29 is 10.2 Å². The molecule has 0 fully saturated rings. The number of aromatic hydroxyl groups is 2. The fourth-order valence-corrected chi connectivity index (χ4v) is 3.39. The van der Waals surface area contributed by atoms with Crippen molar-refractivity contribution in [3.05, 3.63) is 57.4 Å². The molecule has 126 valence electrons. The molecule has 0 saturated heterocycles. The Bertz CT molecular complexity index is 1020. The van der Waals surface area contributed by atoms with Gasteiger partial charge in [-0.1, -0.05) is 35.0 Å². The quantitative estimate of drug-likeness (QED) is 0.563. The minimum absolute atomic E-state index is 0.172. The molecule has 3 N–H and O–H groups in total. The maximum atomic E-state index is 9.70. The maximum absolute atomic E-state index is 9.70. The van der Waals surface area contributed by atoms with E-state index in [1.54, 1.807) is 22.9 Å². The van der Waals surface area contributed by atoms with E-state index in [0.29, 0.717) is 26.6 Å². The van der Waals surface area contributed by atoms with Gasteiger partial charge in [0.1, 0.15) is 0 Å². The smallest absolute Gasteiger partial charge is 0.214 e. The lowest BCUT2D eigenvalue weighted by Crippen LogP contribution is -2.18. The topological polar surface area (TPSA) is 83.2 Å². The van der Waals surface area contributed by atoms with Gasteiger partial charge >= 0.3 is 0 Å². The summed E-state index contributed by atoms with van der Waals surface area (Å²) in [5.41, 5.74) is 5.41. The number of benzene rings is 2. The first-order valence-electron chi connectivity index (χ1n) is 7.10. The van der Waals surface area contributed by atoms with Gasteiger partial charge in [0.2, 0.25) is 5.16 Å². The van der Waals surface area contributed by atoms with Gasteiger partial charge in [-0.2, -0.15) is 0 Å². The van der Waals surface area contributed by atoms with Gasteiger partial charge in [0, 0.05) is 16.5 Å². The van der Waals surface area contributed by atoms with Gasteiger partial charge in [-0.05, 0) is 36.4 Å². The average molecular weight is 393 g/mol. The zero-order valence-corrected chi connectivity index (χ0v) is 14.8. The van der Waals surface area contributed by atoms with Gasteiger partial charge in [-0.3, -0.25) is 5.43 Å². The Labute approximate surface area is 156 Å². The van der Waals surface area contributed by atoms with Gasteiger partial charge in [0.25, 0.3) is 0 Å². The first kappa shape index (κ1) is 16.1. The third-order valence-corrected chi connectivity index (χ3v) is 5.18. The van der Waals surface area contributed by atoms with Crippen LogP contribution in [-0.2, 0) is 0 Å². The molecule has 25 heavy (non-hydrogen) atoms. The van der Waals surface area contributed by atoms with Crippen LogP contribution in [0.1, 0.15) is 5.56 Å². The summed E-state index contributed by atoms with van der Waals surface area (Å²) in [5, 5.41) is 30.9. The number of halogens is 2. The Morgan fingerprint density at radius 2 is 1.72 bits per heavy atom. The standard InChI is InChI=1S/C16H10Cl2N4O2S/c17-10-3-1-9(5-11(10)18)15-19-20-16-22(15)21-12(7-25-16)8-2-4-13(23)14(24)6-8/h1-7,21,23-24H. The fraction of sp³-hybridized carbons (Fsp3) is 0. The first-order chi connectivity index (χ1) is 12.0. The minimum atomic E-state index is -0.190. The number of rotatable bonds is 2. The lowest BCUT2D eigenvalue weighted by atomic mass is 10.1. The van der Waals surface area contributed by atoms with E-state index in [9.17, 15) is 10.2 Å². The molecule has 0 spiro atoms. The van der Waals surface area contributed by atoms with Gasteiger partial charge in [-0.25, -0.2) is 4.68 Å². The number of nitrogens with zero attached hydrogens (tertiary/aromatic N) is 3. The monoisotopic (exact) mass is 392 g/mol. The van der Waals surface area contributed by atoms with Crippen LogP contribution in [0.5, 0.6) is 11.5 Å². The highest BCUT2D eigenvalue weighted by atomic mass is 35.5. The van der Waals surface area contributed by atoms with Gasteiger partial charge in [-0.15, -0.1) is 10.2 Å². The van der Waals surface area contributed by atoms with E-state index in [1.807, 2.05) is 11.5 Å². The molecule has 0 saturated carbocycles.